The lowest BCUT2D eigenvalue weighted by atomic mass is 9.78. The van der Waals surface area contributed by atoms with Crippen molar-refractivity contribution in [1.29, 1.82) is 0 Å². The molecule has 2 atom stereocenters. The van der Waals surface area contributed by atoms with Gasteiger partial charge in [-0.15, -0.1) is 10.2 Å². The molecule has 1 aromatic carbocycles. The van der Waals surface area contributed by atoms with E-state index in [0.29, 0.717) is 11.8 Å². The number of carbonyl (C=O) groups excluding carboxylic acids is 1. The highest BCUT2D eigenvalue weighted by Crippen LogP contribution is 2.36. The number of carbonyl (C=O) groups is 1. The highest BCUT2D eigenvalue weighted by atomic mass is 32.2. The van der Waals surface area contributed by atoms with Gasteiger partial charge in [0.2, 0.25) is 11.0 Å². The van der Waals surface area contributed by atoms with Crippen LogP contribution in [0.3, 0.4) is 0 Å². The van der Waals surface area contributed by atoms with E-state index < -0.39 is 0 Å². The number of aromatic nitrogens is 2. The molecule has 27 heavy (non-hydrogen) atoms. The highest BCUT2D eigenvalue weighted by molar-refractivity contribution is 8.01. The third-order valence-electron chi connectivity index (χ3n) is 5.58. The van der Waals surface area contributed by atoms with Gasteiger partial charge in [-0.1, -0.05) is 66.3 Å². The Morgan fingerprint density at radius 3 is 2.85 bits per heavy atom. The summed E-state index contributed by atoms with van der Waals surface area (Å²) < 4.78 is 0.858. The lowest BCUT2D eigenvalue weighted by molar-refractivity contribution is -0.134. The van der Waals surface area contributed by atoms with Gasteiger partial charge in [-0.2, -0.15) is 0 Å². The number of piperidine rings is 1. The number of thioether (sulfide) groups is 1. The summed E-state index contributed by atoms with van der Waals surface area (Å²) in [6.07, 6.45) is 7.55. The predicted molar refractivity (Wildman–Crippen MR) is 111 cm³/mol. The number of amides is 1. The molecule has 0 spiro atoms. The van der Waals surface area contributed by atoms with Crippen LogP contribution in [0, 0.1) is 5.92 Å². The maximum Gasteiger partial charge on any atom is 0.233 e. The largest absolute Gasteiger partial charge is 0.356 e. The number of nitrogens with one attached hydrogen (secondary N) is 1. The van der Waals surface area contributed by atoms with Gasteiger partial charge in [0.05, 0.1) is 5.75 Å². The quantitative estimate of drug-likeness (QED) is 0.725. The van der Waals surface area contributed by atoms with Crippen LogP contribution < -0.4 is 5.32 Å². The van der Waals surface area contributed by atoms with Gasteiger partial charge in [0.1, 0.15) is 0 Å². The fraction of sp³-hybridized carbons (Fsp3) is 0.550. The van der Waals surface area contributed by atoms with Crippen molar-refractivity contribution in [1.82, 2.24) is 15.1 Å². The minimum Gasteiger partial charge on any atom is -0.356 e. The van der Waals surface area contributed by atoms with Crippen LogP contribution in [0.25, 0.3) is 0 Å². The van der Waals surface area contributed by atoms with Crippen LogP contribution in [0.15, 0.2) is 34.7 Å². The van der Waals surface area contributed by atoms with E-state index in [1.54, 1.807) is 0 Å². The van der Waals surface area contributed by atoms with Crippen molar-refractivity contribution in [2.75, 3.05) is 17.6 Å². The number of hydrogen-bond acceptors (Lipinski definition) is 6. The molecule has 4 rings (SSSR count). The van der Waals surface area contributed by atoms with Gasteiger partial charge in [0.15, 0.2) is 4.34 Å². The third kappa shape index (κ3) is 4.82. The summed E-state index contributed by atoms with van der Waals surface area (Å²) in [6.45, 7) is 1.66. The zero-order valence-corrected chi connectivity index (χ0v) is 17.1. The Labute approximate surface area is 168 Å². The number of anilines is 1. The first-order valence-electron chi connectivity index (χ1n) is 9.83. The van der Waals surface area contributed by atoms with Crippen LogP contribution in [0.4, 0.5) is 5.13 Å². The van der Waals surface area contributed by atoms with Crippen molar-refractivity contribution in [3.63, 3.8) is 0 Å². The molecule has 0 radical (unpaired) electrons. The average Bonchev–Trinajstić information content (AvgIpc) is 3.19. The van der Waals surface area contributed by atoms with Crippen LogP contribution in [-0.2, 0) is 11.3 Å². The van der Waals surface area contributed by atoms with Crippen molar-refractivity contribution >= 4 is 34.1 Å². The van der Waals surface area contributed by atoms with Gasteiger partial charge in [0.25, 0.3) is 0 Å². The summed E-state index contributed by atoms with van der Waals surface area (Å²) >= 11 is 3.04. The first-order chi connectivity index (χ1) is 13.3. The Morgan fingerprint density at radius 1 is 1.15 bits per heavy atom. The van der Waals surface area contributed by atoms with Crippen molar-refractivity contribution in [2.45, 2.75) is 55.5 Å². The molecule has 2 fully saturated rings. The molecule has 0 bridgehead atoms. The molecule has 2 heterocycles. The summed E-state index contributed by atoms with van der Waals surface area (Å²) in [5.74, 6) is 1.47. The van der Waals surface area contributed by atoms with Crippen molar-refractivity contribution in [3.05, 3.63) is 35.9 Å². The van der Waals surface area contributed by atoms with E-state index in [0.717, 1.165) is 34.9 Å². The molecule has 1 saturated heterocycles. The first kappa shape index (κ1) is 18.7. The first-order valence-corrected chi connectivity index (χ1v) is 11.6. The average molecular weight is 403 g/mol. The lowest BCUT2D eigenvalue weighted by Gasteiger charge is -2.44. The van der Waals surface area contributed by atoms with Crippen LogP contribution in [0.5, 0.6) is 0 Å². The van der Waals surface area contributed by atoms with E-state index in [1.165, 1.54) is 60.8 Å². The van der Waals surface area contributed by atoms with E-state index in [2.05, 4.69) is 32.5 Å². The third-order valence-corrected chi connectivity index (χ3v) is 7.57. The zero-order valence-electron chi connectivity index (χ0n) is 15.5. The number of benzene rings is 1. The van der Waals surface area contributed by atoms with E-state index in [-0.39, 0.29) is 5.91 Å². The van der Waals surface area contributed by atoms with Crippen molar-refractivity contribution in [2.24, 2.45) is 5.92 Å². The lowest BCUT2D eigenvalue weighted by Crippen LogP contribution is -2.50. The second-order valence-electron chi connectivity index (χ2n) is 7.34. The summed E-state index contributed by atoms with van der Waals surface area (Å²) in [6, 6.07) is 10.7. The number of likely N-dealkylation sites (tertiary alicyclic amines) is 1. The van der Waals surface area contributed by atoms with Gasteiger partial charge in [-0.05, 0) is 37.2 Å². The van der Waals surface area contributed by atoms with Gasteiger partial charge >= 0.3 is 0 Å². The van der Waals surface area contributed by atoms with Crippen LogP contribution in [-0.4, -0.2) is 39.3 Å². The monoisotopic (exact) mass is 402 g/mol. The molecule has 1 aromatic heterocycles. The second-order valence-corrected chi connectivity index (χ2v) is 9.54. The summed E-state index contributed by atoms with van der Waals surface area (Å²) in [4.78, 5) is 15.0. The molecular formula is C20H26N4OS2. The van der Waals surface area contributed by atoms with Crippen LogP contribution in [0.1, 0.15) is 44.1 Å². The van der Waals surface area contributed by atoms with Gasteiger partial charge in [0, 0.05) is 19.1 Å². The van der Waals surface area contributed by atoms with Gasteiger partial charge in [-0.3, -0.25) is 4.79 Å². The maximum absolute atomic E-state index is 12.8. The molecule has 2 aliphatic rings. The Hall–Kier alpha value is -1.60. The topological polar surface area (TPSA) is 58.1 Å². The summed E-state index contributed by atoms with van der Waals surface area (Å²) in [5, 5.41) is 12.5. The molecular weight excluding hydrogens is 376 g/mol. The Balaban J connectivity index is 1.27. The van der Waals surface area contributed by atoms with Crippen LogP contribution in [0.2, 0.25) is 0 Å². The summed E-state index contributed by atoms with van der Waals surface area (Å²) in [7, 11) is 0. The van der Waals surface area contributed by atoms with Gasteiger partial charge in [-0.25, -0.2) is 0 Å². The standard InChI is InChI=1S/C20H26N4OS2/c25-18(24-12-6-10-16-9-4-5-11-17(16)24)14-26-20-23-22-19(27-20)21-13-15-7-2-1-3-8-15/h1-3,7-8,16-17H,4-6,9-14H2,(H,21,22)/t16-,17-/m0/s1. The molecule has 2 aromatic rings. The molecule has 1 saturated carbocycles. The highest BCUT2D eigenvalue weighted by Gasteiger charge is 2.35. The second kappa shape index (κ2) is 9.06. The molecule has 0 unspecified atom stereocenters. The Morgan fingerprint density at radius 2 is 1.96 bits per heavy atom. The normalized spacial score (nSPS) is 22.3. The van der Waals surface area contributed by atoms with Crippen molar-refractivity contribution in [3.8, 4) is 0 Å². The van der Waals surface area contributed by atoms with E-state index >= 15 is 0 Å². The predicted octanol–water partition coefficient (Wildman–Crippen LogP) is 4.42. The van der Waals surface area contributed by atoms with Gasteiger partial charge < -0.3 is 10.2 Å². The number of rotatable bonds is 6. The molecule has 1 aliphatic carbocycles. The number of hydrogen-bond donors (Lipinski definition) is 1. The van der Waals surface area contributed by atoms with E-state index in [9.17, 15) is 4.79 Å². The zero-order chi connectivity index (χ0) is 18.5. The maximum atomic E-state index is 12.8. The van der Waals surface area contributed by atoms with E-state index in [1.807, 2.05) is 18.2 Å². The summed E-state index contributed by atoms with van der Waals surface area (Å²) in [5.41, 5.74) is 1.21. The minimum absolute atomic E-state index is 0.269. The molecule has 5 nitrogen and oxygen atoms in total. The number of nitrogens with zero attached hydrogens (tertiary/aromatic N) is 3. The van der Waals surface area contributed by atoms with E-state index in [4.69, 9.17) is 0 Å². The molecule has 1 amide bonds. The fourth-order valence-corrected chi connectivity index (χ4v) is 5.89. The minimum atomic E-state index is 0.269. The van der Waals surface area contributed by atoms with Crippen molar-refractivity contribution < 1.29 is 4.79 Å². The SMILES string of the molecule is O=C(CSc1nnc(NCc2ccccc2)s1)N1CCC[C@@H]2CCCC[C@@H]21. The van der Waals surface area contributed by atoms with Crippen LogP contribution >= 0.6 is 23.1 Å². The fourth-order valence-electron chi connectivity index (χ4n) is 4.25. The Bertz CT molecular complexity index is 749. The Kier molecular flexibility index (Phi) is 6.29. The molecule has 1 aliphatic heterocycles. The molecule has 1 N–H and O–H groups in total. The molecule has 144 valence electrons. The smallest absolute Gasteiger partial charge is 0.233 e. The molecule has 7 heteroatoms. The number of fused-ring (bicyclic) bond motifs is 1.